The van der Waals surface area contributed by atoms with Crippen LogP contribution in [0, 0.1) is 11.8 Å². The summed E-state index contributed by atoms with van der Waals surface area (Å²) in [6, 6.07) is 0. The molecule has 2 heteroatoms. The molecule has 0 aromatic carbocycles. The Hall–Kier alpha value is -0.0800. The van der Waals surface area contributed by atoms with Crippen LogP contribution in [0.3, 0.4) is 0 Å². The summed E-state index contributed by atoms with van der Waals surface area (Å²) in [4.78, 5) is 0. The third-order valence-electron chi connectivity index (χ3n) is 3.11. The standard InChI is InChI=1S/C13H26O2/c1-4-15-13(11-8-9-11)12(14)7-5-6-10(2)3/h10-14H,4-9H2,1-3H3. The van der Waals surface area contributed by atoms with Crippen molar-refractivity contribution < 1.29 is 9.84 Å². The van der Waals surface area contributed by atoms with E-state index in [1.807, 2.05) is 6.92 Å². The predicted molar refractivity (Wildman–Crippen MR) is 62.8 cm³/mol. The fourth-order valence-electron chi connectivity index (χ4n) is 2.08. The van der Waals surface area contributed by atoms with Crippen molar-refractivity contribution in [2.45, 2.75) is 65.1 Å². The molecule has 15 heavy (non-hydrogen) atoms. The second-order valence-corrected chi connectivity index (χ2v) is 5.15. The maximum absolute atomic E-state index is 10.0. The first-order chi connectivity index (χ1) is 7.15. The van der Waals surface area contributed by atoms with Gasteiger partial charge in [0, 0.05) is 6.61 Å². The first-order valence-corrected chi connectivity index (χ1v) is 6.44. The highest BCUT2D eigenvalue weighted by Crippen LogP contribution is 2.36. The molecule has 0 heterocycles. The van der Waals surface area contributed by atoms with Gasteiger partial charge in [-0.3, -0.25) is 0 Å². The highest BCUT2D eigenvalue weighted by molar-refractivity contribution is 4.86. The Labute approximate surface area is 94.0 Å². The molecule has 0 radical (unpaired) electrons. The quantitative estimate of drug-likeness (QED) is 0.673. The molecule has 0 aromatic rings. The average Bonchev–Trinajstić information content (AvgIpc) is 2.96. The zero-order valence-electron chi connectivity index (χ0n) is 10.4. The van der Waals surface area contributed by atoms with Crippen LogP contribution in [0.25, 0.3) is 0 Å². The van der Waals surface area contributed by atoms with E-state index in [0.29, 0.717) is 5.92 Å². The highest BCUT2D eigenvalue weighted by atomic mass is 16.5. The summed E-state index contributed by atoms with van der Waals surface area (Å²) < 4.78 is 5.64. The Morgan fingerprint density at radius 2 is 1.93 bits per heavy atom. The van der Waals surface area contributed by atoms with Crippen molar-refractivity contribution in [2.24, 2.45) is 11.8 Å². The SMILES string of the molecule is CCOC(C(O)CCCC(C)C)C1CC1. The minimum atomic E-state index is -0.240. The van der Waals surface area contributed by atoms with Crippen LogP contribution >= 0.6 is 0 Å². The maximum atomic E-state index is 10.0. The van der Waals surface area contributed by atoms with Gasteiger partial charge in [-0.15, -0.1) is 0 Å². The van der Waals surface area contributed by atoms with Crippen LogP contribution in [-0.2, 0) is 4.74 Å². The summed E-state index contributed by atoms with van der Waals surface area (Å²) >= 11 is 0. The zero-order chi connectivity index (χ0) is 11.3. The van der Waals surface area contributed by atoms with Crippen LogP contribution in [-0.4, -0.2) is 23.9 Å². The number of hydrogen-bond donors (Lipinski definition) is 1. The molecule has 2 atom stereocenters. The molecule has 2 nitrogen and oxygen atoms in total. The molecule has 1 N–H and O–H groups in total. The zero-order valence-corrected chi connectivity index (χ0v) is 10.4. The third-order valence-corrected chi connectivity index (χ3v) is 3.11. The monoisotopic (exact) mass is 214 g/mol. The van der Waals surface area contributed by atoms with Gasteiger partial charge in [0.25, 0.3) is 0 Å². The minimum absolute atomic E-state index is 0.113. The van der Waals surface area contributed by atoms with Gasteiger partial charge in [0.2, 0.25) is 0 Å². The van der Waals surface area contributed by atoms with E-state index in [1.54, 1.807) is 0 Å². The molecular weight excluding hydrogens is 188 g/mol. The van der Waals surface area contributed by atoms with Gasteiger partial charge in [0.1, 0.15) is 0 Å². The van der Waals surface area contributed by atoms with E-state index in [1.165, 1.54) is 19.3 Å². The summed E-state index contributed by atoms with van der Waals surface area (Å²) in [5.41, 5.74) is 0. The molecule has 0 aromatic heterocycles. The Morgan fingerprint density at radius 1 is 1.27 bits per heavy atom. The van der Waals surface area contributed by atoms with Gasteiger partial charge in [0.05, 0.1) is 12.2 Å². The fraction of sp³-hybridized carbons (Fsp3) is 1.00. The van der Waals surface area contributed by atoms with Gasteiger partial charge in [-0.05, 0) is 38.0 Å². The van der Waals surface area contributed by atoms with Crippen LogP contribution in [0.15, 0.2) is 0 Å². The highest BCUT2D eigenvalue weighted by Gasteiger charge is 2.36. The third kappa shape index (κ3) is 4.98. The van der Waals surface area contributed by atoms with Crippen LogP contribution < -0.4 is 0 Å². The Morgan fingerprint density at radius 3 is 2.40 bits per heavy atom. The topological polar surface area (TPSA) is 29.5 Å². The van der Waals surface area contributed by atoms with Crippen LogP contribution in [0.2, 0.25) is 0 Å². The first-order valence-electron chi connectivity index (χ1n) is 6.44. The van der Waals surface area contributed by atoms with Gasteiger partial charge in [-0.25, -0.2) is 0 Å². The van der Waals surface area contributed by atoms with Crippen LogP contribution in [0.1, 0.15) is 52.9 Å². The van der Waals surface area contributed by atoms with E-state index in [9.17, 15) is 5.11 Å². The predicted octanol–water partition coefficient (Wildman–Crippen LogP) is 2.99. The van der Waals surface area contributed by atoms with E-state index >= 15 is 0 Å². The minimum Gasteiger partial charge on any atom is -0.390 e. The van der Waals surface area contributed by atoms with E-state index < -0.39 is 0 Å². The molecule has 1 saturated carbocycles. The molecule has 1 rings (SSSR count). The lowest BCUT2D eigenvalue weighted by Gasteiger charge is -2.22. The van der Waals surface area contributed by atoms with E-state index in [2.05, 4.69) is 13.8 Å². The summed E-state index contributed by atoms with van der Waals surface area (Å²) in [6.45, 7) is 7.19. The second-order valence-electron chi connectivity index (χ2n) is 5.15. The fourth-order valence-corrected chi connectivity index (χ4v) is 2.08. The molecule has 1 aliphatic rings. The Bertz CT molecular complexity index is 164. The molecule has 1 fully saturated rings. The summed E-state index contributed by atoms with van der Waals surface area (Å²) in [6.07, 6.45) is 5.59. The molecular formula is C13H26O2. The van der Waals surface area contributed by atoms with Crippen molar-refractivity contribution in [3.63, 3.8) is 0 Å². The normalized spacial score (nSPS) is 20.6. The summed E-state index contributed by atoms with van der Waals surface area (Å²) in [7, 11) is 0. The first kappa shape index (κ1) is 13.0. The second kappa shape index (κ2) is 6.49. The van der Waals surface area contributed by atoms with Gasteiger partial charge >= 0.3 is 0 Å². The average molecular weight is 214 g/mol. The van der Waals surface area contributed by atoms with Crippen molar-refractivity contribution in [1.82, 2.24) is 0 Å². The van der Waals surface area contributed by atoms with Crippen LogP contribution in [0.5, 0.6) is 0 Å². The Kier molecular flexibility index (Phi) is 5.62. The Balaban J connectivity index is 2.19. The van der Waals surface area contributed by atoms with E-state index in [-0.39, 0.29) is 12.2 Å². The maximum Gasteiger partial charge on any atom is 0.0861 e. The van der Waals surface area contributed by atoms with Crippen molar-refractivity contribution in [1.29, 1.82) is 0 Å². The van der Waals surface area contributed by atoms with Crippen LogP contribution in [0.4, 0.5) is 0 Å². The molecule has 0 aliphatic heterocycles. The molecule has 1 aliphatic carbocycles. The summed E-state index contributed by atoms with van der Waals surface area (Å²) in [5.74, 6) is 1.38. The van der Waals surface area contributed by atoms with Crippen molar-refractivity contribution >= 4 is 0 Å². The van der Waals surface area contributed by atoms with Gasteiger partial charge < -0.3 is 9.84 Å². The number of aliphatic hydroxyl groups excluding tert-OH is 1. The smallest absolute Gasteiger partial charge is 0.0861 e. The lowest BCUT2D eigenvalue weighted by molar-refractivity contribution is -0.0485. The molecule has 0 amide bonds. The van der Waals surface area contributed by atoms with Gasteiger partial charge in [-0.1, -0.05) is 26.7 Å². The molecule has 0 saturated heterocycles. The molecule has 0 spiro atoms. The number of hydrogen-bond acceptors (Lipinski definition) is 2. The summed E-state index contributed by atoms with van der Waals surface area (Å²) in [5, 5.41) is 10.0. The van der Waals surface area contributed by atoms with Gasteiger partial charge in [0.15, 0.2) is 0 Å². The number of ether oxygens (including phenoxy) is 1. The molecule has 0 bridgehead atoms. The largest absolute Gasteiger partial charge is 0.390 e. The lowest BCUT2D eigenvalue weighted by atomic mass is 10.00. The van der Waals surface area contributed by atoms with Crippen molar-refractivity contribution in [3.05, 3.63) is 0 Å². The number of aliphatic hydroxyl groups is 1. The van der Waals surface area contributed by atoms with E-state index in [4.69, 9.17) is 4.74 Å². The van der Waals surface area contributed by atoms with Crippen molar-refractivity contribution in [2.75, 3.05) is 6.61 Å². The van der Waals surface area contributed by atoms with E-state index in [0.717, 1.165) is 25.4 Å². The number of rotatable bonds is 8. The van der Waals surface area contributed by atoms with Gasteiger partial charge in [-0.2, -0.15) is 0 Å². The lowest BCUT2D eigenvalue weighted by Crippen LogP contribution is -2.31. The molecule has 90 valence electrons. The van der Waals surface area contributed by atoms with Crippen molar-refractivity contribution in [3.8, 4) is 0 Å². The molecule has 2 unspecified atom stereocenters.